The summed E-state index contributed by atoms with van der Waals surface area (Å²) in [6.45, 7) is 2.06. The Morgan fingerprint density at radius 2 is 1.67 bits per heavy atom. The number of rotatable bonds is 2. The molecule has 2 rings (SSSR count). The minimum atomic E-state index is 0.599. The maximum absolute atomic E-state index is 5.27. The Kier molecular flexibility index (Phi) is 4.54. The fourth-order valence-corrected chi connectivity index (χ4v) is 2.14. The highest BCUT2D eigenvalue weighted by molar-refractivity contribution is 14.1. The molecular weight excluding hydrogens is 355 g/mol. The summed E-state index contributed by atoms with van der Waals surface area (Å²) >= 11 is 7.55. The van der Waals surface area contributed by atoms with E-state index in [-0.39, 0.29) is 0 Å². The Hall–Kier alpha value is -1.14. The predicted molar refractivity (Wildman–Crippen MR) is 90.2 cm³/mol. The normalized spacial score (nSPS) is 9.89. The van der Waals surface area contributed by atoms with E-state index in [1.807, 2.05) is 36.4 Å². The third kappa shape index (κ3) is 3.96. The Labute approximate surface area is 126 Å². The number of benzene rings is 2. The van der Waals surface area contributed by atoms with E-state index in [2.05, 4.69) is 52.3 Å². The Morgan fingerprint density at radius 1 is 1.00 bits per heavy atom. The minimum absolute atomic E-state index is 0.599. The third-order valence-electron chi connectivity index (χ3n) is 2.38. The van der Waals surface area contributed by atoms with Crippen LogP contribution in [0, 0.1) is 10.5 Å². The van der Waals surface area contributed by atoms with Crippen LogP contribution in [-0.2, 0) is 0 Å². The molecule has 0 heterocycles. The maximum Gasteiger partial charge on any atom is 0.175 e. The summed E-state index contributed by atoms with van der Waals surface area (Å²) in [6, 6.07) is 16.2. The molecule has 0 atom stereocenters. The van der Waals surface area contributed by atoms with Gasteiger partial charge in [-0.2, -0.15) is 0 Å². The Balaban J connectivity index is 1.98. The molecule has 0 bridgehead atoms. The molecule has 2 aromatic rings. The van der Waals surface area contributed by atoms with Gasteiger partial charge in [0.25, 0.3) is 0 Å². The number of nitrogens with one attached hydrogen (secondary N) is 2. The zero-order valence-electron chi connectivity index (χ0n) is 9.91. The molecule has 92 valence electrons. The zero-order chi connectivity index (χ0) is 13.0. The molecule has 2 N–H and O–H groups in total. The van der Waals surface area contributed by atoms with Gasteiger partial charge in [-0.1, -0.05) is 12.1 Å². The van der Waals surface area contributed by atoms with Crippen molar-refractivity contribution < 1.29 is 0 Å². The third-order valence-corrected chi connectivity index (χ3v) is 3.30. The number of anilines is 2. The van der Waals surface area contributed by atoms with Crippen molar-refractivity contribution in [3.63, 3.8) is 0 Å². The van der Waals surface area contributed by atoms with Crippen LogP contribution in [0.2, 0.25) is 0 Å². The molecule has 0 radical (unpaired) electrons. The minimum Gasteiger partial charge on any atom is -0.332 e. The molecule has 0 saturated carbocycles. The van der Waals surface area contributed by atoms with E-state index in [0.29, 0.717) is 5.11 Å². The lowest BCUT2D eigenvalue weighted by Crippen LogP contribution is -2.18. The van der Waals surface area contributed by atoms with Gasteiger partial charge < -0.3 is 10.6 Å². The molecule has 0 aliphatic heterocycles. The van der Waals surface area contributed by atoms with Gasteiger partial charge in [-0.3, -0.25) is 0 Å². The molecule has 0 spiro atoms. The Bertz CT molecular complexity index is 552. The maximum atomic E-state index is 5.27. The largest absolute Gasteiger partial charge is 0.332 e. The first-order chi connectivity index (χ1) is 8.63. The monoisotopic (exact) mass is 368 g/mol. The van der Waals surface area contributed by atoms with Crippen molar-refractivity contribution in [3.8, 4) is 0 Å². The van der Waals surface area contributed by atoms with Crippen LogP contribution in [0.3, 0.4) is 0 Å². The van der Waals surface area contributed by atoms with Gasteiger partial charge in [0, 0.05) is 14.9 Å². The van der Waals surface area contributed by atoms with Crippen molar-refractivity contribution in [2.24, 2.45) is 0 Å². The molecule has 0 saturated heterocycles. The number of thiocarbonyl (C=S) groups is 1. The van der Waals surface area contributed by atoms with Crippen molar-refractivity contribution in [3.05, 3.63) is 57.7 Å². The van der Waals surface area contributed by atoms with Crippen molar-refractivity contribution >= 4 is 51.3 Å². The van der Waals surface area contributed by atoms with Crippen molar-refractivity contribution in [2.45, 2.75) is 6.92 Å². The second kappa shape index (κ2) is 6.15. The van der Waals surface area contributed by atoms with Gasteiger partial charge in [0.15, 0.2) is 5.11 Å². The van der Waals surface area contributed by atoms with Crippen molar-refractivity contribution in [1.82, 2.24) is 0 Å². The van der Waals surface area contributed by atoms with Crippen molar-refractivity contribution in [1.29, 1.82) is 0 Å². The second-order valence-electron chi connectivity index (χ2n) is 3.96. The van der Waals surface area contributed by atoms with Gasteiger partial charge in [0.2, 0.25) is 0 Å². The molecule has 2 aromatic carbocycles. The molecular formula is C14H13IN2S. The lowest BCUT2D eigenvalue weighted by molar-refractivity contribution is 1.46. The SMILES string of the molecule is Cc1cccc(NC(=S)Nc2ccc(I)cc2)c1. The fourth-order valence-electron chi connectivity index (χ4n) is 1.55. The van der Waals surface area contributed by atoms with Crippen LogP contribution in [0.1, 0.15) is 5.56 Å². The highest BCUT2D eigenvalue weighted by atomic mass is 127. The van der Waals surface area contributed by atoms with Crippen LogP contribution in [0.15, 0.2) is 48.5 Å². The quantitative estimate of drug-likeness (QED) is 0.607. The average molecular weight is 368 g/mol. The number of hydrogen-bond donors (Lipinski definition) is 2. The lowest BCUT2D eigenvalue weighted by atomic mass is 10.2. The van der Waals surface area contributed by atoms with E-state index < -0.39 is 0 Å². The molecule has 0 aliphatic rings. The summed E-state index contributed by atoms with van der Waals surface area (Å²) in [4.78, 5) is 0. The lowest BCUT2D eigenvalue weighted by Gasteiger charge is -2.11. The predicted octanol–water partition coefficient (Wildman–Crippen LogP) is 4.41. The molecule has 0 amide bonds. The van der Waals surface area contributed by atoms with E-state index in [9.17, 15) is 0 Å². The van der Waals surface area contributed by atoms with E-state index in [4.69, 9.17) is 12.2 Å². The van der Waals surface area contributed by atoms with E-state index in [0.717, 1.165) is 11.4 Å². The van der Waals surface area contributed by atoms with Crippen LogP contribution >= 0.6 is 34.8 Å². The van der Waals surface area contributed by atoms with Gasteiger partial charge >= 0.3 is 0 Å². The Morgan fingerprint density at radius 3 is 2.33 bits per heavy atom. The van der Waals surface area contributed by atoms with Crippen LogP contribution in [0.25, 0.3) is 0 Å². The van der Waals surface area contributed by atoms with Crippen LogP contribution in [-0.4, -0.2) is 5.11 Å². The topological polar surface area (TPSA) is 24.1 Å². The molecule has 0 aliphatic carbocycles. The first kappa shape index (κ1) is 13.3. The van der Waals surface area contributed by atoms with Gasteiger partial charge in [0.05, 0.1) is 0 Å². The van der Waals surface area contributed by atoms with E-state index in [1.165, 1.54) is 9.13 Å². The van der Waals surface area contributed by atoms with Crippen LogP contribution in [0.4, 0.5) is 11.4 Å². The molecule has 4 heteroatoms. The standard InChI is InChI=1S/C14H13IN2S/c1-10-3-2-4-13(9-10)17-14(18)16-12-7-5-11(15)6-8-12/h2-9H,1H3,(H2,16,17,18). The highest BCUT2D eigenvalue weighted by Gasteiger charge is 1.99. The average Bonchev–Trinajstić information content (AvgIpc) is 2.32. The first-order valence-electron chi connectivity index (χ1n) is 5.54. The summed E-state index contributed by atoms with van der Waals surface area (Å²) < 4.78 is 1.20. The zero-order valence-corrected chi connectivity index (χ0v) is 12.9. The van der Waals surface area contributed by atoms with E-state index >= 15 is 0 Å². The van der Waals surface area contributed by atoms with Gasteiger partial charge in [-0.15, -0.1) is 0 Å². The smallest absolute Gasteiger partial charge is 0.175 e. The summed E-state index contributed by atoms with van der Waals surface area (Å²) in [6.07, 6.45) is 0. The van der Waals surface area contributed by atoms with Gasteiger partial charge in [-0.05, 0) is 83.7 Å². The first-order valence-corrected chi connectivity index (χ1v) is 7.02. The van der Waals surface area contributed by atoms with Crippen LogP contribution in [0.5, 0.6) is 0 Å². The van der Waals surface area contributed by atoms with Gasteiger partial charge in [0.1, 0.15) is 0 Å². The summed E-state index contributed by atoms with van der Waals surface area (Å²) in [5.74, 6) is 0. The second-order valence-corrected chi connectivity index (χ2v) is 5.61. The molecule has 2 nitrogen and oxygen atoms in total. The number of aryl methyl sites for hydroxylation is 1. The van der Waals surface area contributed by atoms with E-state index in [1.54, 1.807) is 0 Å². The summed E-state index contributed by atoms with van der Waals surface area (Å²) in [7, 11) is 0. The molecule has 0 unspecified atom stereocenters. The number of hydrogen-bond acceptors (Lipinski definition) is 1. The summed E-state index contributed by atoms with van der Waals surface area (Å²) in [5, 5.41) is 6.92. The fraction of sp³-hybridized carbons (Fsp3) is 0.0714. The van der Waals surface area contributed by atoms with Crippen LogP contribution < -0.4 is 10.6 Å². The molecule has 0 aromatic heterocycles. The van der Waals surface area contributed by atoms with Gasteiger partial charge in [-0.25, -0.2) is 0 Å². The molecule has 0 fully saturated rings. The summed E-state index contributed by atoms with van der Waals surface area (Å²) in [5.41, 5.74) is 3.19. The van der Waals surface area contributed by atoms with Crippen molar-refractivity contribution in [2.75, 3.05) is 10.6 Å². The molecule has 18 heavy (non-hydrogen) atoms. The number of halogens is 1. The highest BCUT2D eigenvalue weighted by Crippen LogP contribution is 2.13.